The SMILES string of the molecule is CCC(CC)(NC(=O)c1ccc(C2CCOCC2)c(OCC2CC2)n1)C(=O)NC. The molecule has 7 nitrogen and oxygen atoms in total. The van der Waals surface area contributed by atoms with Crippen molar-refractivity contribution in [3.63, 3.8) is 0 Å². The van der Waals surface area contributed by atoms with Gasteiger partial charge in [-0.05, 0) is 56.4 Å². The highest BCUT2D eigenvalue weighted by atomic mass is 16.5. The van der Waals surface area contributed by atoms with E-state index in [9.17, 15) is 9.59 Å². The molecule has 1 aliphatic carbocycles. The maximum absolute atomic E-state index is 13.0. The summed E-state index contributed by atoms with van der Waals surface area (Å²) in [6.07, 6.45) is 5.24. The molecule has 2 N–H and O–H groups in total. The standard InChI is InChI=1S/C22H33N3O4/c1-4-22(5-2,21(27)23-3)25-19(26)18-9-8-17(16-10-12-28-13-11-16)20(24-18)29-14-15-6-7-15/h8-9,15-16H,4-7,10-14H2,1-3H3,(H,23,27)(H,25,26). The Bertz CT molecular complexity index is 723. The summed E-state index contributed by atoms with van der Waals surface area (Å²) in [4.78, 5) is 29.9. The molecule has 2 amide bonds. The van der Waals surface area contributed by atoms with Crippen molar-refractivity contribution in [2.75, 3.05) is 26.9 Å². The molecule has 1 aliphatic heterocycles. The number of hydrogen-bond donors (Lipinski definition) is 2. The highest BCUT2D eigenvalue weighted by Gasteiger charge is 2.36. The number of nitrogens with one attached hydrogen (secondary N) is 2. The Morgan fingerprint density at radius 1 is 1.17 bits per heavy atom. The van der Waals surface area contributed by atoms with Crippen molar-refractivity contribution in [3.05, 3.63) is 23.4 Å². The second-order valence-electron chi connectivity index (χ2n) is 8.05. The Labute approximate surface area is 172 Å². The van der Waals surface area contributed by atoms with Gasteiger partial charge >= 0.3 is 0 Å². The molecule has 0 unspecified atom stereocenters. The number of aromatic nitrogens is 1. The molecule has 2 aliphatic rings. The van der Waals surface area contributed by atoms with Gasteiger partial charge < -0.3 is 20.1 Å². The van der Waals surface area contributed by atoms with Gasteiger partial charge in [-0.15, -0.1) is 0 Å². The van der Waals surface area contributed by atoms with Crippen LogP contribution in [0.1, 0.15) is 74.3 Å². The lowest BCUT2D eigenvalue weighted by atomic mass is 9.91. The van der Waals surface area contributed by atoms with Gasteiger partial charge in [0.15, 0.2) is 0 Å². The summed E-state index contributed by atoms with van der Waals surface area (Å²) in [7, 11) is 1.58. The van der Waals surface area contributed by atoms with Gasteiger partial charge in [-0.25, -0.2) is 4.98 Å². The molecule has 3 rings (SSSR count). The number of rotatable bonds is 9. The van der Waals surface area contributed by atoms with Crippen LogP contribution in [0, 0.1) is 5.92 Å². The first-order chi connectivity index (χ1) is 14.0. The molecule has 0 bridgehead atoms. The van der Waals surface area contributed by atoms with Crippen LogP contribution in [-0.2, 0) is 9.53 Å². The zero-order valence-corrected chi connectivity index (χ0v) is 17.8. The molecule has 1 saturated carbocycles. The molecule has 1 aromatic rings. The van der Waals surface area contributed by atoms with Crippen LogP contribution in [0.3, 0.4) is 0 Å². The van der Waals surface area contributed by atoms with Gasteiger partial charge in [0.1, 0.15) is 11.2 Å². The number of ether oxygens (including phenoxy) is 2. The van der Waals surface area contributed by atoms with E-state index in [-0.39, 0.29) is 17.5 Å². The predicted molar refractivity (Wildman–Crippen MR) is 110 cm³/mol. The zero-order chi connectivity index (χ0) is 20.9. The predicted octanol–water partition coefficient (Wildman–Crippen LogP) is 2.80. The van der Waals surface area contributed by atoms with E-state index in [1.807, 2.05) is 19.9 Å². The summed E-state index contributed by atoms with van der Waals surface area (Å²) in [6, 6.07) is 3.70. The fraction of sp³-hybridized carbons (Fsp3) is 0.682. The highest BCUT2D eigenvalue weighted by molar-refractivity contribution is 5.98. The molecule has 29 heavy (non-hydrogen) atoms. The maximum atomic E-state index is 13.0. The monoisotopic (exact) mass is 403 g/mol. The molecule has 0 aromatic carbocycles. The Kier molecular flexibility index (Phi) is 7.11. The van der Waals surface area contributed by atoms with Gasteiger partial charge in [0.2, 0.25) is 11.8 Å². The molecular weight excluding hydrogens is 370 g/mol. The van der Waals surface area contributed by atoms with Gasteiger partial charge in [0.05, 0.1) is 6.61 Å². The third kappa shape index (κ3) is 5.07. The smallest absolute Gasteiger partial charge is 0.270 e. The van der Waals surface area contributed by atoms with Crippen LogP contribution in [0.15, 0.2) is 12.1 Å². The lowest BCUT2D eigenvalue weighted by molar-refractivity contribution is -0.127. The van der Waals surface area contributed by atoms with Gasteiger partial charge in [-0.1, -0.05) is 19.9 Å². The third-order valence-corrected chi connectivity index (χ3v) is 6.16. The van der Waals surface area contributed by atoms with Crippen molar-refractivity contribution in [1.29, 1.82) is 0 Å². The van der Waals surface area contributed by atoms with E-state index in [0.29, 0.717) is 37.2 Å². The minimum Gasteiger partial charge on any atom is -0.477 e. The van der Waals surface area contributed by atoms with Crippen molar-refractivity contribution in [1.82, 2.24) is 15.6 Å². The van der Waals surface area contributed by atoms with E-state index >= 15 is 0 Å². The molecule has 1 saturated heterocycles. The first-order valence-corrected chi connectivity index (χ1v) is 10.8. The van der Waals surface area contributed by atoms with E-state index in [0.717, 1.165) is 31.6 Å². The Balaban J connectivity index is 1.82. The van der Waals surface area contributed by atoms with E-state index in [2.05, 4.69) is 15.6 Å². The van der Waals surface area contributed by atoms with Crippen LogP contribution in [0.4, 0.5) is 0 Å². The van der Waals surface area contributed by atoms with Crippen molar-refractivity contribution in [2.45, 2.75) is 63.8 Å². The minimum atomic E-state index is -0.943. The lowest BCUT2D eigenvalue weighted by Gasteiger charge is -2.30. The molecule has 7 heteroatoms. The summed E-state index contributed by atoms with van der Waals surface area (Å²) in [5, 5.41) is 5.57. The quantitative estimate of drug-likeness (QED) is 0.662. The molecule has 0 spiro atoms. The minimum absolute atomic E-state index is 0.195. The van der Waals surface area contributed by atoms with Crippen LogP contribution in [0.25, 0.3) is 0 Å². The maximum Gasteiger partial charge on any atom is 0.270 e. The summed E-state index contributed by atoms with van der Waals surface area (Å²) in [6.45, 7) is 5.89. The summed E-state index contributed by atoms with van der Waals surface area (Å²) in [5.74, 6) is 0.929. The largest absolute Gasteiger partial charge is 0.477 e. The van der Waals surface area contributed by atoms with E-state index in [1.54, 1.807) is 13.1 Å². The van der Waals surface area contributed by atoms with Crippen molar-refractivity contribution in [2.24, 2.45) is 5.92 Å². The first-order valence-electron chi connectivity index (χ1n) is 10.8. The molecule has 1 aromatic heterocycles. The highest BCUT2D eigenvalue weighted by Crippen LogP contribution is 2.35. The Morgan fingerprint density at radius 3 is 2.45 bits per heavy atom. The van der Waals surface area contributed by atoms with Crippen LogP contribution >= 0.6 is 0 Å². The van der Waals surface area contributed by atoms with Crippen LogP contribution in [-0.4, -0.2) is 49.2 Å². The van der Waals surface area contributed by atoms with E-state index < -0.39 is 5.54 Å². The summed E-state index contributed by atoms with van der Waals surface area (Å²) < 4.78 is 11.5. The number of nitrogens with zero attached hydrogens (tertiary/aromatic N) is 1. The van der Waals surface area contributed by atoms with Crippen molar-refractivity contribution < 1.29 is 19.1 Å². The zero-order valence-electron chi connectivity index (χ0n) is 17.8. The number of hydrogen-bond acceptors (Lipinski definition) is 5. The van der Waals surface area contributed by atoms with Crippen molar-refractivity contribution in [3.8, 4) is 5.88 Å². The van der Waals surface area contributed by atoms with Gasteiger partial charge in [0, 0.05) is 25.8 Å². The summed E-state index contributed by atoms with van der Waals surface area (Å²) >= 11 is 0. The van der Waals surface area contributed by atoms with Crippen LogP contribution in [0.5, 0.6) is 5.88 Å². The third-order valence-electron chi connectivity index (χ3n) is 6.16. The average Bonchev–Trinajstić information content (AvgIpc) is 3.60. The van der Waals surface area contributed by atoms with Crippen LogP contribution in [0.2, 0.25) is 0 Å². The molecular formula is C22H33N3O4. The normalized spacial score (nSPS) is 17.6. The number of likely N-dealkylation sites (N-methyl/N-ethyl adjacent to an activating group) is 1. The number of amides is 2. The molecule has 2 heterocycles. The van der Waals surface area contributed by atoms with Crippen molar-refractivity contribution >= 4 is 11.8 Å². The molecule has 0 atom stereocenters. The first kappa shape index (κ1) is 21.6. The average molecular weight is 404 g/mol. The van der Waals surface area contributed by atoms with Gasteiger partial charge in [0.25, 0.3) is 5.91 Å². The molecule has 2 fully saturated rings. The number of pyridine rings is 1. The lowest BCUT2D eigenvalue weighted by Crippen LogP contribution is -2.57. The number of carbonyl (C=O) groups is 2. The van der Waals surface area contributed by atoms with Gasteiger partial charge in [-0.2, -0.15) is 0 Å². The Hall–Kier alpha value is -2.15. The second-order valence-corrected chi connectivity index (χ2v) is 8.05. The second kappa shape index (κ2) is 9.57. The van der Waals surface area contributed by atoms with E-state index in [4.69, 9.17) is 9.47 Å². The molecule has 160 valence electrons. The number of carbonyl (C=O) groups excluding carboxylic acids is 2. The summed E-state index contributed by atoms with van der Waals surface area (Å²) in [5.41, 5.74) is 0.387. The Morgan fingerprint density at radius 2 is 1.86 bits per heavy atom. The van der Waals surface area contributed by atoms with E-state index in [1.165, 1.54) is 12.8 Å². The van der Waals surface area contributed by atoms with Gasteiger partial charge in [-0.3, -0.25) is 9.59 Å². The topological polar surface area (TPSA) is 89.6 Å². The molecule has 0 radical (unpaired) electrons. The fourth-order valence-corrected chi connectivity index (χ4v) is 3.82. The van der Waals surface area contributed by atoms with Crippen LogP contribution < -0.4 is 15.4 Å². The fourth-order valence-electron chi connectivity index (χ4n) is 3.82.